The lowest BCUT2D eigenvalue weighted by Crippen LogP contribution is -2.34. The van der Waals surface area contributed by atoms with Crippen LogP contribution in [0.3, 0.4) is 0 Å². The third-order valence-corrected chi connectivity index (χ3v) is 3.54. The Morgan fingerprint density at radius 1 is 1.39 bits per heavy atom. The van der Waals surface area contributed by atoms with E-state index in [9.17, 15) is 0 Å². The van der Waals surface area contributed by atoms with Crippen molar-refractivity contribution >= 4 is 22.8 Å². The van der Waals surface area contributed by atoms with Crippen molar-refractivity contribution < 1.29 is 9.52 Å². The zero-order valence-electron chi connectivity index (χ0n) is 10.2. The number of piperidine rings is 1. The van der Waals surface area contributed by atoms with Gasteiger partial charge in [0.25, 0.3) is 6.01 Å². The van der Waals surface area contributed by atoms with Crippen molar-refractivity contribution in [1.29, 1.82) is 0 Å². The topological polar surface area (TPSA) is 75.5 Å². The molecule has 1 aliphatic rings. The Morgan fingerprint density at radius 3 is 2.89 bits per heavy atom. The molecular weight excluding hydrogens is 230 g/mol. The van der Waals surface area contributed by atoms with Crippen LogP contribution in [0.5, 0.6) is 0 Å². The predicted molar refractivity (Wildman–Crippen MR) is 70.4 cm³/mol. The van der Waals surface area contributed by atoms with Gasteiger partial charge in [-0.2, -0.15) is 4.98 Å². The molecule has 1 fully saturated rings. The molecule has 2 heterocycles. The molecule has 0 bridgehead atoms. The number of rotatable bonds is 2. The molecule has 0 aliphatic carbocycles. The molecule has 5 heteroatoms. The zero-order chi connectivity index (χ0) is 12.5. The van der Waals surface area contributed by atoms with Gasteiger partial charge in [0.05, 0.1) is 0 Å². The maximum absolute atomic E-state index is 9.12. The van der Waals surface area contributed by atoms with Gasteiger partial charge in [-0.05, 0) is 30.9 Å². The summed E-state index contributed by atoms with van der Waals surface area (Å²) in [6.45, 7) is 2.04. The molecule has 96 valence electrons. The Balaban J connectivity index is 1.82. The van der Waals surface area contributed by atoms with Gasteiger partial charge in [0.2, 0.25) is 0 Å². The molecule has 1 aliphatic heterocycles. The minimum atomic E-state index is 0.276. The monoisotopic (exact) mass is 247 g/mol. The summed E-state index contributed by atoms with van der Waals surface area (Å²) in [5, 5.41) is 9.12. The zero-order valence-corrected chi connectivity index (χ0v) is 10.2. The smallest absolute Gasteiger partial charge is 0.298 e. The summed E-state index contributed by atoms with van der Waals surface area (Å²) < 4.78 is 5.73. The van der Waals surface area contributed by atoms with Crippen molar-refractivity contribution in [2.75, 3.05) is 30.3 Å². The molecule has 1 aromatic carbocycles. The number of nitrogens with two attached hydrogens (primary N) is 1. The summed E-state index contributed by atoms with van der Waals surface area (Å²) in [4.78, 5) is 6.60. The van der Waals surface area contributed by atoms with E-state index >= 15 is 0 Å². The van der Waals surface area contributed by atoms with Crippen molar-refractivity contribution in [3.05, 3.63) is 18.2 Å². The molecular formula is C13H17N3O2. The van der Waals surface area contributed by atoms with E-state index in [4.69, 9.17) is 15.3 Å². The minimum Gasteiger partial charge on any atom is -0.423 e. The van der Waals surface area contributed by atoms with E-state index in [0.29, 0.717) is 17.6 Å². The number of anilines is 2. The number of oxazole rings is 1. The Morgan fingerprint density at radius 2 is 2.17 bits per heavy atom. The highest BCUT2D eigenvalue weighted by Gasteiger charge is 2.22. The summed E-state index contributed by atoms with van der Waals surface area (Å²) in [7, 11) is 0. The molecule has 18 heavy (non-hydrogen) atoms. The molecule has 1 saturated heterocycles. The average Bonchev–Trinajstić information content (AvgIpc) is 2.81. The molecule has 3 N–H and O–H groups in total. The van der Waals surface area contributed by atoms with Crippen LogP contribution in [0.4, 0.5) is 11.7 Å². The molecule has 0 radical (unpaired) electrons. The maximum atomic E-state index is 9.12. The number of hydrogen-bond acceptors (Lipinski definition) is 5. The number of fused-ring (bicyclic) bond motifs is 1. The molecule has 0 amide bonds. The minimum absolute atomic E-state index is 0.276. The molecule has 0 unspecified atom stereocenters. The van der Waals surface area contributed by atoms with E-state index in [-0.39, 0.29) is 6.61 Å². The summed E-state index contributed by atoms with van der Waals surface area (Å²) in [6.07, 6.45) is 1.97. The van der Waals surface area contributed by atoms with E-state index in [1.807, 2.05) is 12.1 Å². The lowest BCUT2D eigenvalue weighted by molar-refractivity contribution is 0.201. The highest BCUT2D eigenvalue weighted by atomic mass is 16.4. The van der Waals surface area contributed by atoms with Gasteiger partial charge in [0.15, 0.2) is 5.58 Å². The van der Waals surface area contributed by atoms with E-state index in [1.54, 1.807) is 6.07 Å². The first-order chi connectivity index (χ1) is 8.76. The van der Waals surface area contributed by atoms with Crippen molar-refractivity contribution in [1.82, 2.24) is 4.98 Å². The van der Waals surface area contributed by atoms with Crippen LogP contribution < -0.4 is 10.6 Å². The first-order valence-corrected chi connectivity index (χ1v) is 6.28. The van der Waals surface area contributed by atoms with Gasteiger partial charge >= 0.3 is 0 Å². The average molecular weight is 247 g/mol. The van der Waals surface area contributed by atoms with Crippen LogP contribution in [0.25, 0.3) is 11.1 Å². The largest absolute Gasteiger partial charge is 0.423 e. The molecule has 0 spiro atoms. The molecule has 3 rings (SSSR count). The first-order valence-electron chi connectivity index (χ1n) is 6.28. The van der Waals surface area contributed by atoms with E-state index < -0.39 is 0 Å². The molecule has 0 atom stereocenters. The SMILES string of the molecule is Nc1ccc2nc(N3CCC(CO)CC3)oc2c1. The van der Waals surface area contributed by atoms with Crippen LogP contribution >= 0.6 is 0 Å². The van der Waals surface area contributed by atoms with Crippen molar-refractivity contribution in [3.8, 4) is 0 Å². The lowest BCUT2D eigenvalue weighted by Gasteiger charge is -2.29. The number of aliphatic hydroxyl groups is 1. The summed E-state index contributed by atoms with van der Waals surface area (Å²) >= 11 is 0. The third kappa shape index (κ3) is 2.01. The molecule has 2 aromatic rings. The molecule has 0 saturated carbocycles. The fourth-order valence-electron chi connectivity index (χ4n) is 2.37. The van der Waals surface area contributed by atoms with Crippen LogP contribution in [0.1, 0.15) is 12.8 Å². The van der Waals surface area contributed by atoms with Gasteiger partial charge in [0, 0.05) is 31.5 Å². The third-order valence-electron chi connectivity index (χ3n) is 3.54. The van der Waals surface area contributed by atoms with Crippen molar-refractivity contribution in [2.45, 2.75) is 12.8 Å². The number of nitrogens with zero attached hydrogens (tertiary/aromatic N) is 2. The van der Waals surface area contributed by atoms with E-state index in [0.717, 1.165) is 37.0 Å². The second kappa shape index (κ2) is 4.49. The Labute approximate surface area is 105 Å². The predicted octanol–water partition coefficient (Wildman–Crippen LogP) is 1.62. The van der Waals surface area contributed by atoms with Crippen molar-refractivity contribution in [2.24, 2.45) is 5.92 Å². The van der Waals surface area contributed by atoms with Gasteiger partial charge in [-0.1, -0.05) is 0 Å². The van der Waals surface area contributed by atoms with E-state index in [1.165, 1.54) is 0 Å². The fraction of sp³-hybridized carbons (Fsp3) is 0.462. The standard InChI is InChI=1S/C13H17N3O2/c14-10-1-2-11-12(7-10)18-13(15-11)16-5-3-9(8-17)4-6-16/h1-2,7,9,17H,3-6,8,14H2. The quantitative estimate of drug-likeness (QED) is 0.789. The van der Waals surface area contributed by atoms with Crippen molar-refractivity contribution in [3.63, 3.8) is 0 Å². The fourth-order valence-corrected chi connectivity index (χ4v) is 2.37. The summed E-state index contributed by atoms with van der Waals surface area (Å²) in [5.41, 5.74) is 7.97. The molecule has 1 aromatic heterocycles. The van der Waals surface area contributed by atoms with Gasteiger partial charge < -0.3 is 20.2 Å². The normalized spacial score (nSPS) is 17.5. The highest BCUT2D eigenvalue weighted by Crippen LogP contribution is 2.27. The maximum Gasteiger partial charge on any atom is 0.298 e. The number of hydrogen-bond donors (Lipinski definition) is 2. The van der Waals surface area contributed by atoms with Crippen LogP contribution in [0.2, 0.25) is 0 Å². The number of benzene rings is 1. The van der Waals surface area contributed by atoms with Gasteiger partial charge in [-0.3, -0.25) is 0 Å². The number of nitrogen functional groups attached to an aromatic ring is 1. The highest BCUT2D eigenvalue weighted by molar-refractivity contribution is 5.78. The Bertz CT molecular complexity index is 544. The number of aliphatic hydroxyl groups excluding tert-OH is 1. The summed E-state index contributed by atoms with van der Waals surface area (Å²) in [6, 6.07) is 6.16. The molecule has 5 nitrogen and oxygen atoms in total. The van der Waals surface area contributed by atoms with Gasteiger partial charge in [0.1, 0.15) is 5.52 Å². The Kier molecular flexibility index (Phi) is 2.83. The summed E-state index contributed by atoms with van der Waals surface area (Å²) in [5.74, 6) is 0.418. The lowest BCUT2D eigenvalue weighted by atomic mass is 9.98. The van der Waals surface area contributed by atoms with Crippen LogP contribution in [0.15, 0.2) is 22.6 Å². The second-order valence-electron chi connectivity index (χ2n) is 4.84. The van der Waals surface area contributed by atoms with Gasteiger partial charge in [-0.15, -0.1) is 0 Å². The van der Waals surface area contributed by atoms with Crippen LogP contribution in [-0.4, -0.2) is 29.8 Å². The van der Waals surface area contributed by atoms with E-state index in [2.05, 4.69) is 9.88 Å². The number of aromatic nitrogens is 1. The first kappa shape index (κ1) is 11.3. The Hall–Kier alpha value is -1.75. The van der Waals surface area contributed by atoms with Crippen LogP contribution in [-0.2, 0) is 0 Å². The van der Waals surface area contributed by atoms with Gasteiger partial charge in [-0.25, -0.2) is 0 Å². The van der Waals surface area contributed by atoms with Crippen LogP contribution in [0, 0.1) is 5.92 Å². The second-order valence-corrected chi connectivity index (χ2v) is 4.84.